The number of alkyl halides is 3. The fraction of sp³-hybridized carbons (Fsp3) is 0.348. The second-order valence-corrected chi connectivity index (χ2v) is 9.25. The summed E-state index contributed by atoms with van der Waals surface area (Å²) in [6.45, 7) is 1.81. The molecule has 0 bridgehead atoms. The monoisotopic (exact) mass is 498 g/mol. The molecule has 2 aliphatic carbocycles. The lowest BCUT2D eigenvalue weighted by Gasteiger charge is -2.15. The maximum Gasteiger partial charge on any atom is 0.401 e. The van der Waals surface area contributed by atoms with E-state index >= 15 is 0 Å². The number of benzene rings is 1. The van der Waals surface area contributed by atoms with Crippen molar-refractivity contribution in [3.05, 3.63) is 41.9 Å². The average molecular weight is 498 g/mol. The number of halogens is 3. The molecule has 0 unspecified atom stereocenters. The van der Waals surface area contributed by atoms with E-state index in [1.807, 2.05) is 17.7 Å². The van der Waals surface area contributed by atoms with Gasteiger partial charge in [0, 0.05) is 17.3 Å². The van der Waals surface area contributed by atoms with Gasteiger partial charge in [-0.25, -0.2) is 19.4 Å². The van der Waals surface area contributed by atoms with E-state index in [1.54, 1.807) is 12.1 Å². The molecular weight excluding hydrogens is 477 g/mol. The third kappa shape index (κ3) is 3.62. The molecule has 2 aliphatic rings. The van der Waals surface area contributed by atoms with Crippen LogP contribution in [-0.2, 0) is 5.41 Å². The number of aromatic nitrogens is 5. The summed E-state index contributed by atoms with van der Waals surface area (Å²) >= 11 is 0. The normalized spacial score (nSPS) is 16.8. The number of urea groups is 1. The van der Waals surface area contributed by atoms with Gasteiger partial charge in [0.05, 0.1) is 11.4 Å². The highest BCUT2D eigenvalue weighted by Crippen LogP contribution is 2.59. The van der Waals surface area contributed by atoms with Gasteiger partial charge in [-0.1, -0.05) is 11.2 Å². The van der Waals surface area contributed by atoms with E-state index in [1.165, 1.54) is 6.33 Å². The van der Waals surface area contributed by atoms with E-state index in [4.69, 9.17) is 15.4 Å². The van der Waals surface area contributed by atoms with E-state index in [2.05, 4.69) is 25.8 Å². The molecule has 3 heterocycles. The first-order chi connectivity index (χ1) is 17.2. The number of carbonyl (C=O) groups excluding carboxylic acids is 1. The van der Waals surface area contributed by atoms with Crippen molar-refractivity contribution in [3.8, 4) is 11.3 Å². The van der Waals surface area contributed by atoms with Gasteiger partial charge < -0.3 is 15.6 Å². The number of nitrogens with one attached hydrogen (secondary N) is 2. The number of amides is 2. The summed E-state index contributed by atoms with van der Waals surface area (Å²) in [6.07, 6.45) is -1.07. The summed E-state index contributed by atoms with van der Waals surface area (Å²) in [5.41, 5.74) is 7.51. The number of anilines is 3. The van der Waals surface area contributed by atoms with Crippen LogP contribution in [0.15, 0.2) is 35.1 Å². The maximum absolute atomic E-state index is 13.3. The summed E-state index contributed by atoms with van der Waals surface area (Å²) in [7, 11) is 0. The number of rotatable bonds is 5. The predicted octanol–water partition coefficient (Wildman–Crippen LogP) is 4.94. The van der Waals surface area contributed by atoms with E-state index in [0.29, 0.717) is 34.3 Å². The molecule has 2 fully saturated rings. The lowest BCUT2D eigenvalue weighted by Crippen LogP contribution is -2.28. The number of nitrogens with two attached hydrogens (primary N) is 1. The number of fused-ring (bicyclic) bond motifs is 1. The molecule has 6 rings (SSSR count). The zero-order valence-corrected chi connectivity index (χ0v) is 19.1. The first-order valence-corrected chi connectivity index (χ1v) is 11.4. The Balaban J connectivity index is 1.21. The molecule has 0 aliphatic heterocycles. The van der Waals surface area contributed by atoms with Gasteiger partial charge in [0.1, 0.15) is 23.3 Å². The van der Waals surface area contributed by atoms with Crippen LogP contribution in [0.5, 0.6) is 0 Å². The minimum atomic E-state index is -4.43. The van der Waals surface area contributed by atoms with Crippen molar-refractivity contribution in [2.45, 2.75) is 50.2 Å². The first kappa shape index (κ1) is 22.3. The molecule has 1 aromatic carbocycles. The summed E-state index contributed by atoms with van der Waals surface area (Å²) in [5, 5.41) is 14.1. The zero-order chi connectivity index (χ0) is 25.2. The van der Waals surface area contributed by atoms with Gasteiger partial charge in [-0.3, -0.25) is 5.32 Å². The minimum absolute atomic E-state index is 0.0607. The number of aryl methyl sites for hydroxylation is 1. The van der Waals surface area contributed by atoms with Crippen molar-refractivity contribution in [1.82, 2.24) is 24.9 Å². The highest BCUT2D eigenvalue weighted by atomic mass is 19.4. The highest BCUT2D eigenvalue weighted by molar-refractivity contribution is 6.01. The smallest absolute Gasteiger partial charge is 0.383 e. The van der Waals surface area contributed by atoms with Crippen LogP contribution in [0.25, 0.3) is 22.3 Å². The third-order valence-corrected chi connectivity index (χ3v) is 6.67. The van der Waals surface area contributed by atoms with E-state index in [0.717, 1.165) is 30.0 Å². The van der Waals surface area contributed by atoms with Crippen LogP contribution in [0.1, 0.15) is 43.0 Å². The Morgan fingerprint density at radius 3 is 2.64 bits per heavy atom. The van der Waals surface area contributed by atoms with Gasteiger partial charge in [0.25, 0.3) is 0 Å². The van der Waals surface area contributed by atoms with Crippen LogP contribution in [0.3, 0.4) is 0 Å². The maximum atomic E-state index is 13.3. The molecule has 0 saturated heterocycles. The summed E-state index contributed by atoms with van der Waals surface area (Å²) < 4.78 is 46.6. The van der Waals surface area contributed by atoms with Crippen LogP contribution < -0.4 is 16.4 Å². The molecule has 36 heavy (non-hydrogen) atoms. The van der Waals surface area contributed by atoms with Gasteiger partial charge in [0.15, 0.2) is 17.2 Å². The summed E-state index contributed by atoms with van der Waals surface area (Å²) in [4.78, 5) is 21.0. The first-order valence-electron chi connectivity index (χ1n) is 11.4. The Morgan fingerprint density at radius 2 is 1.97 bits per heavy atom. The molecule has 2 saturated carbocycles. The Morgan fingerprint density at radius 1 is 1.19 bits per heavy atom. The topological polar surface area (TPSA) is 137 Å². The van der Waals surface area contributed by atoms with E-state index < -0.39 is 17.6 Å². The fourth-order valence-electron chi connectivity index (χ4n) is 4.35. The molecular formula is C23H21F3N8O2. The molecule has 4 aromatic rings. The molecule has 0 atom stereocenters. The number of hydrogen-bond acceptors (Lipinski definition) is 7. The zero-order valence-electron chi connectivity index (χ0n) is 19.1. The Labute approximate surface area is 202 Å². The minimum Gasteiger partial charge on any atom is -0.383 e. The molecule has 13 heteroatoms. The quantitative estimate of drug-likeness (QED) is 0.354. The van der Waals surface area contributed by atoms with Crippen molar-refractivity contribution >= 4 is 34.4 Å². The number of hydrogen-bond donors (Lipinski definition) is 3. The Hall–Kier alpha value is -4.16. The lowest BCUT2D eigenvalue weighted by molar-refractivity contribution is -0.165. The van der Waals surface area contributed by atoms with Crippen LogP contribution in [0.4, 0.5) is 35.3 Å². The van der Waals surface area contributed by atoms with Crippen LogP contribution >= 0.6 is 0 Å². The Kier molecular flexibility index (Phi) is 4.75. The van der Waals surface area contributed by atoms with Gasteiger partial charge in [-0.05, 0) is 50.3 Å². The van der Waals surface area contributed by atoms with Crippen molar-refractivity contribution in [2.24, 2.45) is 0 Å². The summed E-state index contributed by atoms with van der Waals surface area (Å²) in [5.74, 6) is -0.0570. The van der Waals surface area contributed by atoms with Gasteiger partial charge >= 0.3 is 12.2 Å². The second-order valence-electron chi connectivity index (χ2n) is 9.25. The molecule has 186 valence electrons. The number of nitrogen functional groups attached to an aromatic ring is 1. The summed E-state index contributed by atoms with van der Waals surface area (Å²) in [6, 6.07) is 6.11. The fourth-order valence-corrected chi connectivity index (χ4v) is 4.35. The van der Waals surface area contributed by atoms with Crippen molar-refractivity contribution in [2.75, 3.05) is 16.4 Å². The third-order valence-electron chi connectivity index (χ3n) is 6.67. The van der Waals surface area contributed by atoms with E-state index in [9.17, 15) is 18.0 Å². The van der Waals surface area contributed by atoms with Gasteiger partial charge in [-0.2, -0.15) is 18.3 Å². The number of carbonyl (C=O) groups is 1. The number of nitrogens with zero attached hydrogens (tertiary/aromatic N) is 5. The van der Waals surface area contributed by atoms with Crippen molar-refractivity contribution in [3.63, 3.8) is 0 Å². The largest absolute Gasteiger partial charge is 0.401 e. The molecule has 10 nitrogen and oxygen atoms in total. The molecule has 3 aromatic heterocycles. The lowest BCUT2D eigenvalue weighted by atomic mass is 10.0. The molecule has 0 radical (unpaired) electrons. The molecule has 2 amide bonds. The SMILES string of the molecule is Cc1cc(-c2nn(C3CC3)c3ncnc(N)c23)ccc1NC(=O)Nc1cc(C2(C(F)(F)F)CC2)on1. The van der Waals surface area contributed by atoms with Crippen LogP contribution in [-0.4, -0.2) is 37.1 Å². The van der Waals surface area contributed by atoms with Gasteiger partial charge in [-0.15, -0.1) is 0 Å². The highest BCUT2D eigenvalue weighted by Gasteiger charge is 2.66. The predicted molar refractivity (Wildman–Crippen MR) is 124 cm³/mol. The average Bonchev–Trinajstić information content (AvgIpc) is 3.74. The van der Waals surface area contributed by atoms with Gasteiger partial charge in [0.2, 0.25) is 0 Å². The van der Waals surface area contributed by atoms with Crippen molar-refractivity contribution in [1.29, 1.82) is 0 Å². The van der Waals surface area contributed by atoms with Crippen LogP contribution in [0, 0.1) is 6.92 Å². The second kappa shape index (κ2) is 7.67. The van der Waals surface area contributed by atoms with Crippen molar-refractivity contribution < 1.29 is 22.5 Å². The van der Waals surface area contributed by atoms with Crippen LogP contribution in [0.2, 0.25) is 0 Å². The van der Waals surface area contributed by atoms with E-state index in [-0.39, 0.29) is 24.4 Å². The molecule has 4 N–H and O–H groups in total. The standard InChI is InChI=1S/C23H21F3N8O2/c1-11-8-12(18-17-19(27)28-10-29-20(17)34(32-18)13-3-4-13)2-5-14(11)30-21(35)31-16-9-15(36-33-16)22(6-7-22)23(24,25)26/h2,5,8-10,13H,3-4,6-7H2,1H3,(H2,27,28,29)(H2,30,31,33,35). The Bertz CT molecular complexity index is 1500. The molecule has 0 spiro atoms.